The molecule has 1 saturated heterocycles. The Hall–Kier alpha value is -2.18. The van der Waals surface area contributed by atoms with E-state index in [0.717, 1.165) is 38.8 Å². The van der Waals surface area contributed by atoms with Crippen LogP contribution in [0.4, 0.5) is 14.5 Å². The van der Waals surface area contributed by atoms with E-state index in [-0.39, 0.29) is 25.0 Å². The molecule has 5 rings (SSSR count). The molecule has 1 N–H and O–H groups in total. The number of fused-ring (bicyclic) bond motifs is 1. The summed E-state index contributed by atoms with van der Waals surface area (Å²) in [7, 11) is 3.41. The van der Waals surface area contributed by atoms with Crippen molar-refractivity contribution in [3.63, 3.8) is 0 Å². The largest absolute Gasteiger partial charge is 0.508 e. The van der Waals surface area contributed by atoms with Crippen molar-refractivity contribution in [1.82, 2.24) is 0 Å². The molecule has 0 amide bonds. The highest BCUT2D eigenvalue weighted by Gasteiger charge is 2.42. The van der Waals surface area contributed by atoms with E-state index in [1.54, 1.807) is 20.3 Å². The highest BCUT2D eigenvalue weighted by atomic mass is 19.3. The number of aryl methyl sites for hydroxylation is 1. The molecule has 2 fully saturated rings. The van der Waals surface area contributed by atoms with Crippen LogP contribution in [0.2, 0.25) is 0 Å². The Balaban J connectivity index is 1.36. The molecule has 4 nitrogen and oxygen atoms in total. The Labute approximate surface area is 213 Å². The Morgan fingerprint density at radius 2 is 1.58 bits per heavy atom. The molecule has 2 unspecified atom stereocenters. The second-order valence-electron chi connectivity index (χ2n) is 11.0. The number of phenolic OH excluding ortho intramolecular Hbond substituents is 1. The number of halogens is 2. The summed E-state index contributed by atoms with van der Waals surface area (Å²) in [4.78, 5) is 2.43. The van der Waals surface area contributed by atoms with E-state index < -0.39 is 5.92 Å². The van der Waals surface area contributed by atoms with Crippen LogP contribution in [0.15, 0.2) is 42.5 Å². The van der Waals surface area contributed by atoms with Gasteiger partial charge in [-0.2, -0.15) is 0 Å². The van der Waals surface area contributed by atoms with Crippen molar-refractivity contribution in [3.8, 4) is 5.75 Å². The number of benzene rings is 2. The number of aromatic hydroxyl groups is 1. The van der Waals surface area contributed by atoms with E-state index in [4.69, 9.17) is 9.47 Å². The second-order valence-corrected chi connectivity index (χ2v) is 11.0. The van der Waals surface area contributed by atoms with Crippen molar-refractivity contribution in [2.24, 2.45) is 17.8 Å². The van der Waals surface area contributed by atoms with Gasteiger partial charge in [-0.15, -0.1) is 0 Å². The average Bonchev–Trinajstić information content (AvgIpc) is 2.89. The summed E-state index contributed by atoms with van der Waals surface area (Å²) in [6.07, 6.45) is 5.00. The molecule has 0 spiro atoms. The second kappa shape index (κ2) is 10.7. The summed E-state index contributed by atoms with van der Waals surface area (Å²) in [6, 6.07) is 14.6. The fraction of sp³-hybridized carbons (Fsp3) is 0.600. The average molecular weight is 500 g/mol. The van der Waals surface area contributed by atoms with Crippen LogP contribution >= 0.6 is 0 Å². The third-order valence-electron chi connectivity index (χ3n) is 9.01. The van der Waals surface area contributed by atoms with E-state index in [1.165, 1.54) is 22.4 Å². The predicted molar refractivity (Wildman–Crippen MR) is 138 cm³/mol. The van der Waals surface area contributed by atoms with Gasteiger partial charge in [0.1, 0.15) is 5.75 Å². The predicted octanol–water partition coefficient (Wildman–Crippen LogP) is 6.75. The van der Waals surface area contributed by atoms with Crippen LogP contribution in [0.3, 0.4) is 0 Å². The summed E-state index contributed by atoms with van der Waals surface area (Å²) in [6.45, 7) is 1.94. The maximum absolute atomic E-state index is 13.9. The molecular weight excluding hydrogens is 460 g/mol. The third-order valence-corrected chi connectivity index (χ3v) is 9.01. The quantitative estimate of drug-likeness (QED) is 0.447. The molecule has 0 radical (unpaired) electrons. The molecule has 1 heterocycles. The number of anilines is 1. The zero-order valence-electron chi connectivity index (χ0n) is 21.5. The van der Waals surface area contributed by atoms with Gasteiger partial charge in [-0.3, -0.25) is 0 Å². The van der Waals surface area contributed by atoms with Gasteiger partial charge in [0.2, 0.25) is 5.92 Å². The van der Waals surface area contributed by atoms with Gasteiger partial charge in [0.15, 0.2) is 6.29 Å². The summed E-state index contributed by atoms with van der Waals surface area (Å²) >= 11 is 0. The number of alkyl halides is 2. The molecule has 36 heavy (non-hydrogen) atoms. The van der Waals surface area contributed by atoms with Gasteiger partial charge in [-0.05, 0) is 91.3 Å². The normalized spacial score (nSPS) is 25.2. The van der Waals surface area contributed by atoms with Crippen LogP contribution in [0.5, 0.6) is 5.75 Å². The molecular formula is C30H39F2NO3. The van der Waals surface area contributed by atoms with Crippen molar-refractivity contribution in [3.05, 3.63) is 59.2 Å². The lowest BCUT2D eigenvalue weighted by atomic mass is 9.64. The highest BCUT2D eigenvalue weighted by Crippen LogP contribution is 2.50. The van der Waals surface area contributed by atoms with Crippen LogP contribution in [0, 0.1) is 17.8 Å². The highest BCUT2D eigenvalue weighted by molar-refractivity contribution is 5.51. The molecule has 2 atom stereocenters. The van der Waals surface area contributed by atoms with E-state index in [9.17, 15) is 13.9 Å². The van der Waals surface area contributed by atoms with Crippen LogP contribution < -0.4 is 4.90 Å². The van der Waals surface area contributed by atoms with Gasteiger partial charge in [0.05, 0.1) is 0 Å². The lowest BCUT2D eigenvalue weighted by Gasteiger charge is -2.42. The first-order valence-corrected chi connectivity index (χ1v) is 13.5. The summed E-state index contributed by atoms with van der Waals surface area (Å²) < 4.78 is 38.8. The van der Waals surface area contributed by atoms with E-state index in [0.29, 0.717) is 36.3 Å². The molecule has 1 saturated carbocycles. The van der Waals surface area contributed by atoms with Crippen molar-refractivity contribution < 1.29 is 23.4 Å². The third kappa shape index (κ3) is 5.26. The number of ether oxygens (including phenoxy) is 2. The van der Waals surface area contributed by atoms with Crippen molar-refractivity contribution in [1.29, 1.82) is 0 Å². The monoisotopic (exact) mass is 499 g/mol. The van der Waals surface area contributed by atoms with Gasteiger partial charge in [-0.1, -0.05) is 18.2 Å². The number of hydrogen-bond donors (Lipinski definition) is 1. The molecule has 196 valence electrons. The molecule has 6 heteroatoms. The summed E-state index contributed by atoms with van der Waals surface area (Å²) in [5.41, 5.74) is 4.91. The minimum Gasteiger partial charge on any atom is -0.508 e. The molecule has 2 aliphatic carbocycles. The van der Waals surface area contributed by atoms with Crippen LogP contribution in [0.1, 0.15) is 67.6 Å². The SMILES string of the molecule is COC(OC)C1CCN(c2ccc(C3c4ccc(O)cc4CCC3C3CCC(F)(F)CC3)cc2)CC1. The topological polar surface area (TPSA) is 41.9 Å². The lowest BCUT2D eigenvalue weighted by Crippen LogP contribution is -2.39. The molecule has 0 aromatic heterocycles. The minimum atomic E-state index is -2.51. The number of nitrogens with zero attached hydrogens (tertiary/aromatic N) is 1. The molecule has 2 aromatic carbocycles. The summed E-state index contributed by atoms with van der Waals surface area (Å²) in [5, 5.41) is 10.1. The van der Waals surface area contributed by atoms with Crippen LogP contribution in [-0.2, 0) is 15.9 Å². The maximum atomic E-state index is 13.9. The van der Waals surface area contributed by atoms with Crippen molar-refractivity contribution in [2.75, 3.05) is 32.2 Å². The van der Waals surface area contributed by atoms with Crippen molar-refractivity contribution >= 4 is 5.69 Å². The lowest BCUT2D eigenvalue weighted by molar-refractivity contribution is -0.141. The smallest absolute Gasteiger partial charge is 0.248 e. The molecule has 0 bridgehead atoms. The molecule has 2 aromatic rings. The molecule has 3 aliphatic rings. The standard InChI is InChI=1S/C30H39F2NO3/c1-35-29(36-2)22-13-17-33(18-14-22)24-6-3-21(4-7-24)28-26(20-11-15-30(31,32)16-12-20)9-5-23-19-25(34)8-10-27(23)28/h3-4,6-8,10,19-20,22,26,28-29,34H,5,9,11-18H2,1-2H3. The van der Waals surface area contributed by atoms with E-state index in [2.05, 4.69) is 35.2 Å². The van der Waals surface area contributed by atoms with Gasteiger partial charge >= 0.3 is 0 Å². The van der Waals surface area contributed by atoms with Crippen LogP contribution in [0.25, 0.3) is 0 Å². The fourth-order valence-electron chi connectivity index (χ4n) is 7.06. The Kier molecular flexibility index (Phi) is 7.55. The Bertz CT molecular complexity index is 1010. The van der Waals surface area contributed by atoms with Gasteiger partial charge in [-0.25, -0.2) is 8.78 Å². The van der Waals surface area contributed by atoms with Gasteiger partial charge in [0.25, 0.3) is 0 Å². The number of piperidine rings is 1. The number of hydrogen-bond acceptors (Lipinski definition) is 4. The minimum absolute atomic E-state index is 0.00517. The zero-order chi connectivity index (χ0) is 25.3. The van der Waals surface area contributed by atoms with E-state index in [1.807, 2.05) is 6.07 Å². The first-order valence-electron chi connectivity index (χ1n) is 13.5. The first kappa shape index (κ1) is 25.5. The summed E-state index contributed by atoms with van der Waals surface area (Å²) in [5.74, 6) is -0.966. The van der Waals surface area contributed by atoms with Gasteiger partial charge in [0, 0.05) is 57.7 Å². The zero-order valence-corrected chi connectivity index (χ0v) is 21.5. The fourth-order valence-corrected chi connectivity index (χ4v) is 7.06. The van der Waals surface area contributed by atoms with E-state index >= 15 is 0 Å². The maximum Gasteiger partial charge on any atom is 0.248 e. The Morgan fingerprint density at radius 1 is 0.917 bits per heavy atom. The number of phenols is 1. The first-order chi connectivity index (χ1) is 17.4. The van der Waals surface area contributed by atoms with Gasteiger partial charge < -0.3 is 19.5 Å². The Morgan fingerprint density at radius 3 is 2.22 bits per heavy atom. The number of rotatable bonds is 6. The van der Waals surface area contributed by atoms with Crippen molar-refractivity contribution in [2.45, 2.75) is 69.5 Å². The number of methoxy groups -OCH3 is 2. The molecule has 1 aliphatic heterocycles. The van der Waals surface area contributed by atoms with Crippen LogP contribution in [-0.4, -0.2) is 44.6 Å².